The van der Waals surface area contributed by atoms with Gasteiger partial charge in [0.05, 0.1) is 5.69 Å². The summed E-state index contributed by atoms with van der Waals surface area (Å²) in [4.78, 5) is 16.5. The normalized spacial score (nSPS) is 14.8. The smallest absolute Gasteiger partial charge is 0.263 e. The SMILES string of the molecule is Cc1nc(N)sc1C(=O)NCCC1=CCCC1. The summed E-state index contributed by atoms with van der Waals surface area (Å²) in [6.45, 7) is 2.50. The van der Waals surface area contributed by atoms with E-state index in [4.69, 9.17) is 5.73 Å². The number of hydrogen-bond acceptors (Lipinski definition) is 4. The molecule has 1 heterocycles. The van der Waals surface area contributed by atoms with E-state index in [0.29, 0.717) is 22.2 Å². The van der Waals surface area contributed by atoms with E-state index < -0.39 is 0 Å². The Bertz CT molecular complexity index is 451. The molecule has 5 heteroatoms. The molecule has 0 bridgehead atoms. The molecule has 4 nitrogen and oxygen atoms in total. The highest BCUT2D eigenvalue weighted by atomic mass is 32.1. The van der Waals surface area contributed by atoms with E-state index in [9.17, 15) is 4.79 Å². The summed E-state index contributed by atoms with van der Waals surface area (Å²) in [6.07, 6.45) is 6.87. The number of rotatable bonds is 4. The molecule has 2 rings (SSSR count). The number of nitrogen functional groups attached to an aromatic ring is 1. The van der Waals surface area contributed by atoms with Crippen molar-refractivity contribution in [3.63, 3.8) is 0 Å². The first-order valence-electron chi connectivity index (χ1n) is 5.86. The highest BCUT2D eigenvalue weighted by Crippen LogP contribution is 2.21. The largest absolute Gasteiger partial charge is 0.375 e. The van der Waals surface area contributed by atoms with E-state index in [2.05, 4.69) is 16.4 Å². The maximum absolute atomic E-state index is 11.8. The minimum absolute atomic E-state index is 0.0599. The molecule has 1 aliphatic rings. The van der Waals surface area contributed by atoms with Gasteiger partial charge in [-0.3, -0.25) is 4.79 Å². The van der Waals surface area contributed by atoms with Gasteiger partial charge in [0.25, 0.3) is 5.91 Å². The van der Waals surface area contributed by atoms with E-state index >= 15 is 0 Å². The monoisotopic (exact) mass is 251 g/mol. The highest BCUT2D eigenvalue weighted by molar-refractivity contribution is 7.17. The number of nitrogens with one attached hydrogen (secondary N) is 1. The summed E-state index contributed by atoms with van der Waals surface area (Å²) >= 11 is 1.25. The number of carbonyl (C=O) groups excluding carboxylic acids is 1. The molecule has 3 N–H and O–H groups in total. The van der Waals surface area contributed by atoms with Crippen LogP contribution >= 0.6 is 11.3 Å². The van der Waals surface area contributed by atoms with Gasteiger partial charge in [-0.25, -0.2) is 4.98 Å². The van der Waals surface area contributed by atoms with Crippen molar-refractivity contribution < 1.29 is 4.79 Å². The standard InChI is InChI=1S/C12H17N3OS/c1-8-10(17-12(13)15-8)11(16)14-7-6-9-4-2-3-5-9/h4H,2-3,5-7H2,1H3,(H2,13,15)(H,14,16). The average Bonchev–Trinajstić information content (AvgIpc) is 2.88. The molecule has 1 amide bonds. The molecule has 1 aliphatic carbocycles. The number of aryl methyl sites for hydroxylation is 1. The van der Waals surface area contributed by atoms with Crippen LogP contribution in [0.1, 0.15) is 41.0 Å². The zero-order valence-corrected chi connectivity index (χ0v) is 10.8. The Kier molecular flexibility index (Phi) is 3.78. The Morgan fingerprint density at radius 1 is 1.65 bits per heavy atom. The van der Waals surface area contributed by atoms with Gasteiger partial charge in [-0.2, -0.15) is 0 Å². The maximum Gasteiger partial charge on any atom is 0.263 e. The molecule has 0 saturated heterocycles. The third-order valence-electron chi connectivity index (χ3n) is 2.89. The van der Waals surface area contributed by atoms with Crippen molar-refractivity contribution in [1.29, 1.82) is 0 Å². The van der Waals surface area contributed by atoms with Crippen LogP contribution in [0.4, 0.5) is 5.13 Å². The number of hydrogen-bond donors (Lipinski definition) is 2. The van der Waals surface area contributed by atoms with E-state index in [1.54, 1.807) is 6.92 Å². The molecule has 0 aliphatic heterocycles. The first-order valence-corrected chi connectivity index (χ1v) is 6.67. The van der Waals surface area contributed by atoms with Crippen LogP contribution in [0, 0.1) is 6.92 Å². The van der Waals surface area contributed by atoms with E-state index in [1.807, 2.05) is 0 Å². The summed E-state index contributed by atoms with van der Waals surface area (Å²) in [6, 6.07) is 0. The van der Waals surface area contributed by atoms with Crippen LogP contribution in [0.15, 0.2) is 11.6 Å². The summed E-state index contributed by atoms with van der Waals surface area (Å²) in [5.74, 6) is -0.0599. The van der Waals surface area contributed by atoms with E-state index in [0.717, 1.165) is 6.42 Å². The van der Waals surface area contributed by atoms with Crippen LogP contribution in [0.5, 0.6) is 0 Å². The summed E-state index contributed by atoms with van der Waals surface area (Å²) in [7, 11) is 0. The Balaban J connectivity index is 1.83. The van der Waals surface area contributed by atoms with Crippen LogP contribution in [0.25, 0.3) is 0 Å². The van der Waals surface area contributed by atoms with Crippen molar-refractivity contribution in [2.45, 2.75) is 32.6 Å². The van der Waals surface area contributed by atoms with E-state index in [1.165, 1.54) is 36.2 Å². The lowest BCUT2D eigenvalue weighted by Crippen LogP contribution is -2.24. The fourth-order valence-electron chi connectivity index (χ4n) is 2.01. The van der Waals surface area contributed by atoms with Crippen LogP contribution in [-0.2, 0) is 0 Å². The minimum atomic E-state index is -0.0599. The number of allylic oxidation sites excluding steroid dienone is 1. The van der Waals surface area contributed by atoms with Crippen LogP contribution in [0.3, 0.4) is 0 Å². The molecule has 1 aromatic heterocycles. The van der Waals surface area contributed by atoms with Crippen LogP contribution in [-0.4, -0.2) is 17.4 Å². The number of amides is 1. The summed E-state index contributed by atoms with van der Waals surface area (Å²) < 4.78 is 0. The fraction of sp³-hybridized carbons (Fsp3) is 0.500. The van der Waals surface area contributed by atoms with Gasteiger partial charge >= 0.3 is 0 Å². The van der Waals surface area contributed by atoms with Crippen molar-refractivity contribution in [3.8, 4) is 0 Å². The highest BCUT2D eigenvalue weighted by Gasteiger charge is 2.13. The lowest BCUT2D eigenvalue weighted by Gasteiger charge is -2.04. The Morgan fingerprint density at radius 3 is 3.06 bits per heavy atom. The van der Waals surface area contributed by atoms with Gasteiger partial charge in [0, 0.05) is 6.54 Å². The second kappa shape index (κ2) is 5.31. The zero-order valence-electron chi connectivity index (χ0n) is 9.95. The third kappa shape index (κ3) is 3.06. The Hall–Kier alpha value is -1.36. The molecule has 1 aromatic rings. The molecular formula is C12H17N3OS. The van der Waals surface area contributed by atoms with Crippen molar-refractivity contribution in [2.24, 2.45) is 0 Å². The minimum Gasteiger partial charge on any atom is -0.375 e. The van der Waals surface area contributed by atoms with Gasteiger partial charge < -0.3 is 11.1 Å². The number of anilines is 1. The molecule has 17 heavy (non-hydrogen) atoms. The lowest BCUT2D eigenvalue weighted by molar-refractivity contribution is 0.0957. The number of nitrogens with zero attached hydrogens (tertiary/aromatic N) is 1. The second-order valence-corrected chi connectivity index (χ2v) is 5.26. The molecule has 92 valence electrons. The second-order valence-electron chi connectivity index (χ2n) is 4.23. The molecule has 0 saturated carbocycles. The average molecular weight is 251 g/mol. The Morgan fingerprint density at radius 2 is 2.47 bits per heavy atom. The van der Waals surface area contributed by atoms with Crippen LogP contribution < -0.4 is 11.1 Å². The van der Waals surface area contributed by atoms with Crippen molar-refractivity contribution >= 4 is 22.4 Å². The maximum atomic E-state index is 11.8. The predicted octanol–water partition coefficient (Wildman–Crippen LogP) is 2.26. The lowest BCUT2D eigenvalue weighted by atomic mass is 10.2. The van der Waals surface area contributed by atoms with Gasteiger partial charge in [0.15, 0.2) is 5.13 Å². The van der Waals surface area contributed by atoms with E-state index in [-0.39, 0.29) is 5.91 Å². The number of carbonyl (C=O) groups is 1. The van der Waals surface area contributed by atoms with Gasteiger partial charge in [0.2, 0.25) is 0 Å². The number of thiazole rings is 1. The molecule has 0 radical (unpaired) electrons. The van der Waals surface area contributed by atoms with Crippen molar-refractivity contribution in [3.05, 3.63) is 22.2 Å². The van der Waals surface area contributed by atoms with Gasteiger partial charge in [-0.15, -0.1) is 0 Å². The summed E-state index contributed by atoms with van der Waals surface area (Å²) in [5.41, 5.74) is 7.74. The van der Waals surface area contributed by atoms with Crippen molar-refractivity contribution in [2.75, 3.05) is 12.3 Å². The number of nitrogens with two attached hydrogens (primary N) is 1. The first-order chi connectivity index (χ1) is 8.16. The Labute approximate surface area is 105 Å². The van der Waals surface area contributed by atoms with Crippen molar-refractivity contribution in [1.82, 2.24) is 10.3 Å². The topological polar surface area (TPSA) is 68.0 Å². The predicted molar refractivity (Wildman–Crippen MR) is 70.1 cm³/mol. The molecule has 0 fully saturated rings. The van der Waals surface area contributed by atoms with Crippen LogP contribution in [0.2, 0.25) is 0 Å². The molecule has 0 atom stereocenters. The first kappa shape index (κ1) is 12.1. The molecule has 0 aromatic carbocycles. The van der Waals surface area contributed by atoms with Gasteiger partial charge in [0.1, 0.15) is 4.88 Å². The zero-order chi connectivity index (χ0) is 12.3. The fourth-order valence-corrected chi connectivity index (χ4v) is 2.76. The summed E-state index contributed by atoms with van der Waals surface area (Å²) in [5, 5.41) is 3.37. The molecule has 0 unspecified atom stereocenters. The van der Waals surface area contributed by atoms with Gasteiger partial charge in [-0.1, -0.05) is 23.0 Å². The molecular weight excluding hydrogens is 234 g/mol. The quantitative estimate of drug-likeness (QED) is 0.807. The molecule has 0 spiro atoms. The van der Waals surface area contributed by atoms with Gasteiger partial charge in [-0.05, 0) is 32.6 Å². The third-order valence-corrected chi connectivity index (χ3v) is 3.87. The number of aromatic nitrogens is 1.